The lowest BCUT2D eigenvalue weighted by Gasteiger charge is -2.25. The quantitative estimate of drug-likeness (QED) is 0.528. The number of methoxy groups -OCH3 is 1. The summed E-state index contributed by atoms with van der Waals surface area (Å²) in [5.41, 5.74) is 0.111. The minimum atomic E-state index is -4.32. The van der Waals surface area contributed by atoms with Crippen LogP contribution < -0.4 is 14.4 Å². The van der Waals surface area contributed by atoms with Crippen LogP contribution in [0.2, 0.25) is 5.02 Å². The molecule has 0 aliphatic heterocycles. The molecule has 3 aromatic rings. The van der Waals surface area contributed by atoms with Crippen molar-refractivity contribution in [3.05, 3.63) is 82.9 Å². The van der Waals surface area contributed by atoms with Gasteiger partial charge in [-0.1, -0.05) is 23.7 Å². The average Bonchev–Trinajstić information content (AvgIpc) is 2.75. The van der Waals surface area contributed by atoms with Crippen LogP contribution in [0, 0.1) is 18.6 Å². The highest BCUT2D eigenvalue weighted by Crippen LogP contribution is 2.31. The molecule has 0 aromatic heterocycles. The third-order valence-electron chi connectivity index (χ3n) is 4.52. The van der Waals surface area contributed by atoms with E-state index in [1.165, 1.54) is 43.5 Å². The molecular weight excluding hydrogens is 462 g/mol. The van der Waals surface area contributed by atoms with Gasteiger partial charge in [0.05, 0.1) is 12.8 Å². The van der Waals surface area contributed by atoms with Crippen LogP contribution in [-0.4, -0.2) is 28.0 Å². The number of benzene rings is 3. The smallest absolute Gasteiger partial charge is 0.268 e. The van der Waals surface area contributed by atoms with Gasteiger partial charge in [0.2, 0.25) is 5.91 Å². The Labute approximate surface area is 189 Å². The lowest BCUT2D eigenvalue weighted by atomic mass is 10.2. The molecule has 0 saturated heterocycles. The Kier molecular flexibility index (Phi) is 7.00. The van der Waals surface area contributed by atoms with Crippen LogP contribution in [0.1, 0.15) is 5.56 Å². The van der Waals surface area contributed by atoms with Gasteiger partial charge in [0.15, 0.2) is 0 Å². The summed E-state index contributed by atoms with van der Waals surface area (Å²) in [6, 6.07) is 13.4. The van der Waals surface area contributed by atoms with E-state index in [1.54, 1.807) is 13.0 Å². The summed E-state index contributed by atoms with van der Waals surface area (Å²) >= 11 is 5.91. The maximum absolute atomic E-state index is 13.9. The third-order valence-corrected chi connectivity index (χ3v) is 6.56. The van der Waals surface area contributed by atoms with E-state index >= 15 is 0 Å². The van der Waals surface area contributed by atoms with Crippen LogP contribution >= 0.6 is 11.6 Å². The molecule has 32 heavy (non-hydrogen) atoms. The summed E-state index contributed by atoms with van der Waals surface area (Å²) < 4.78 is 61.0. The fourth-order valence-corrected chi connectivity index (χ4v) is 4.74. The molecule has 0 bridgehead atoms. The lowest BCUT2D eigenvalue weighted by molar-refractivity contribution is -0.114. The first kappa shape index (κ1) is 23.5. The standard InChI is InChI=1S/C22H19ClF2N2O4S/c1-14-6-11-19(31-2)20(12-14)32(29,30)27(16-9-7-15(23)8-10-16)13-21(28)26-22-17(24)4-3-5-18(22)25/h3-12H,13H2,1-2H3,(H,26,28). The van der Waals surface area contributed by atoms with Crippen molar-refractivity contribution in [1.29, 1.82) is 0 Å². The van der Waals surface area contributed by atoms with Gasteiger partial charge in [-0.3, -0.25) is 9.10 Å². The fraction of sp³-hybridized carbons (Fsp3) is 0.136. The van der Waals surface area contributed by atoms with Gasteiger partial charge >= 0.3 is 0 Å². The van der Waals surface area contributed by atoms with Crippen molar-refractivity contribution in [3.63, 3.8) is 0 Å². The Morgan fingerprint density at radius 2 is 1.69 bits per heavy atom. The third kappa shape index (κ3) is 5.00. The van der Waals surface area contributed by atoms with E-state index in [-0.39, 0.29) is 16.3 Å². The summed E-state index contributed by atoms with van der Waals surface area (Å²) in [6.45, 7) is 0.952. The van der Waals surface area contributed by atoms with E-state index in [2.05, 4.69) is 5.32 Å². The number of sulfonamides is 1. The van der Waals surface area contributed by atoms with Crippen molar-refractivity contribution in [2.24, 2.45) is 0 Å². The second kappa shape index (κ2) is 9.54. The molecule has 0 fully saturated rings. The number of para-hydroxylation sites is 1. The zero-order chi connectivity index (χ0) is 23.5. The number of anilines is 2. The molecule has 168 valence electrons. The minimum Gasteiger partial charge on any atom is -0.495 e. The zero-order valence-corrected chi connectivity index (χ0v) is 18.7. The topological polar surface area (TPSA) is 75.7 Å². The normalized spacial score (nSPS) is 11.2. The number of hydrogen-bond donors (Lipinski definition) is 1. The van der Waals surface area contributed by atoms with Crippen LogP contribution in [0.4, 0.5) is 20.2 Å². The fourth-order valence-electron chi connectivity index (χ4n) is 2.95. The molecule has 0 spiro atoms. The largest absolute Gasteiger partial charge is 0.495 e. The predicted octanol–water partition coefficient (Wildman–Crippen LogP) is 4.77. The Hall–Kier alpha value is -3.17. The molecule has 0 aliphatic rings. The minimum absolute atomic E-state index is 0.0788. The van der Waals surface area contributed by atoms with Gasteiger partial charge in [-0.15, -0.1) is 0 Å². The van der Waals surface area contributed by atoms with Gasteiger partial charge in [-0.25, -0.2) is 17.2 Å². The number of carbonyl (C=O) groups excluding carboxylic acids is 1. The van der Waals surface area contributed by atoms with Crippen molar-refractivity contribution < 1.29 is 26.7 Å². The summed E-state index contributed by atoms with van der Waals surface area (Å²) in [4.78, 5) is 12.5. The van der Waals surface area contributed by atoms with Gasteiger partial charge in [0.25, 0.3) is 10.0 Å². The monoisotopic (exact) mass is 480 g/mol. The van der Waals surface area contributed by atoms with Gasteiger partial charge in [0, 0.05) is 5.02 Å². The van der Waals surface area contributed by atoms with Gasteiger partial charge in [-0.2, -0.15) is 0 Å². The molecule has 0 saturated carbocycles. The summed E-state index contributed by atoms with van der Waals surface area (Å²) in [7, 11) is -3.00. The van der Waals surface area contributed by atoms with Crippen LogP contribution in [0.3, 0.4) is 0 Å². The lowest BCUT2D eigenvalue weighted by Crippen LogP contribution is -2.38. The zero-order valence-electron chi connectivity index (χ0n) is 17.1. The Balaban J connectivity index is 2.04. The summed E-state index contributed by atoms with van der Waals surface area (Å²) in [6.07, 6.45) is 0. The molecule has 0 heterocycles. The van der Waals surface area contributed by atoms with E-state index < -0.39 is 39.8 Å². The maximum Gasteiger partial charge on any atom is 0.268 e. The molecule has 10 heteroatoms. The van der Waals surface area contributed by atoms with E-state index in [1.807, 2.05) is 0 Å². The number of rotatable bonds is 7. The number of amides is 1. The Morgan fingerprint density at radius 3 is 2.28 bits per heavy atom. The van der Waals surface area contributed by atoms with Crippen molar-refractivity contribution in [2.45, 2.75) is 11.8 Å². The summed E-state index contributed by atoms with van der Waals surface area (Å²) in [5, 5.41) is 2.46. The molecule has 0 atom stereocenters. The van der Waals surface area contributed by atoms with Gasteiger partial charge < -0.3 is 10.1 Å². The number of carbonyl (C=O) groups is 1. The number of nitrogens with one attached hydrogen (secondary N) is 1. The van der Waals surface area contributed by atoms with Crippen LogP contribution in [0.5, 0.6) is 5.75 Å². The van der Waals surface area contributed by atoms with Crippen LogP contribution in [0.15, 0.2) is 65.6 Å². The van der Waals surface area contributed by atoms with Crippen molar-refractivity contribution in [1.82, 2.24) is 0 Å². The second-order valence-corrected chi connectivity index (χ2v) is 9.05. The Bertz CT molecular complexity index is 1230. The van der Waals surface area contributed by atoms with Crippen molar-refractivity contribution in [2.75, 3.05) is 23.3 Å². The summed E-state index contributed by atoms with van der Waals surface area (Å²) in [5.74, 6) is -2.84. The molecule has 0 radical (unpaired) electrons. The number of hydrogen-bond acceptors (Lipinski definition) is 4. The molecule has 1 N–H and O–H groups in total. The number of aryl methyl sites for hydroxylation is 1. The first-order chi connectivity index (χ1) is 15.1. The predicted molar refractivity (Wildman–Crippen MR) is 119 cm³/mol. The number of halogens is 3. The molecule has 6 nitrogen and oxygen atoms in total. The number of nitrogens with zero attached hydrogens (tertiary/aromatic N) is 1. The van der Waals surface area contributed by atoms with Gasteiger partial charge in [-0.05, 0) is 61.0 Å². The van der Waals surface area contributed by atoms with Crippen molar-refractivity contribution >= 4 is 38.9 Å². The van der Waals surface area contributed by atoms with Crippen LogP contribution in [-0.2, 0) is 14.8 Å². The molecule has 3 aromatic carbocycles. The first-order valence-corrected chi connectivity index (χ1v) is 11.1. The molecular formula is C22H19ClF2N2O4S. The van der Waals surface area contributed by atoms with E-state index in [4.69, 9.17) is 16.3 Å². The molecule has 1 amide bonds. The highest BCUT2D eigenvalue weighted by molar-refractivity contribution is 7.93. The number of ether oxygens (including phenoxy) is 1. The first-order valence-electron chi connectivity index (χ1n) is 9.30. The van der Waals surface area contributed by atoms with Crippen molar-refractivity contribution in [3.8, 4) is 5.75 Å². The van der Waals surface area contributed by atoms with E-state index in [0.717, 1.165) is 22.5 Å². The highest BCUT2D eigenvalue weighted by Gasteiger charge is 2.30. The maximum atomic E-state index is 13.9. The molecule has 0 unspecified atom stereocenters. The molecule has 0 aliphatic carbocycles. The SMILES string of the molecule is COc1ccc(C)cc1S(=O)(=O)N(CC(=O)Nc1c(F)cccc1F)c1ccc(Cl)cc1. The van der Waals surface area contributed by atoms with E-state index in [9.17, 15) is 22.0 Å². The second-order valence-electron chi connectivity index (χ2n) is 6.79. The van der Waals surface area contributed by atoms with E-state index in [0.29, 0.717) is 10.6 Å². The van der Waals surface area contributed by atoms with Crippen LogP contribution in [0.25, 0.3) is 0 Å². The average molecular weight is 481 g/mol. The van der Waals surface area contributed by atoms with Gasteiger partial charge in [0.1, 0.15) is 34.5 Å². The molecule has 3 rings (SSSR count). The highest BCUT2D eigenvalue weighted by atomic mass is 35.5. The Morgan fingerprint density at radius 1 is 1.06 bits per heavy atom.